The summed E-state index contributed by atoms with van der Waals surface area (Å²) in [6.07, 6.45) is 13.1. The first-order chi connectivity index (χ1) is 13.8. The lowest BCUT2D eigenvalue weighted by molar-refractivity contribution is 0.0927. The van der Waals surface area contributed by atoms with Gasteiger partial charge in [-0.25, -0.2) is 0 Å². The van der Waals surface area contributed by atoms with Crippen LogP contribution in [0.2, 0.25) is 0 Å². The number of hydrogen-bond acceptors (Lipinski definition) is 3. The lowest BCUT2D eigenvalue weighted by Gasteiger charge is -2.33. The molecule has 0 spiro atoms. The third kappa shape index (κ3) is 4.92. The molecule has 1 amide bonds. The first kappa shape index (κ1) is 19.0. The summed E-state index contributed by atoms with van der Waals surface area (Å²) in [4.78, 5) is 19.4. The Morgan fingerprint density at radius 2 is 1.75 bits per heavy atom. The first-order valence-electron chi connectivity index (χ1n) is 10.8. The standard InChI is InChI=1S/C24H31N3O/c28-24(26-22-9-5-2-6-10-22)21-16-23(18-25-17-21)27-13-11-20(12-14-27)15-19-7-3-1-4-8-19/h1,3-4,7-8,16-18,20,22H,2,5-6,9-15H2,(H,26,28). The summed E-state index contributed by atoms with van der Waals surface area (Å²) < 4.78 is 0. The molecule has 2 heterocycles. The molecule has 2 aliphatic rings. The van der Waals surface area contributed by atoms with Crippen molar-refractivity contribution in [3.8, 4) is 0 Å². The van der Waals surface area contributed by atoms with Crippen LogP contribution in [0, 0.1) is 5.92 Å². The van der Waals surface area contributed by atoms with Crippen LogP contribution in [-0.2, 0) is 6.42 Å². The van der Waals surface area contributed by atoms with Gasteiger partial charge in [-0.05, 0) is 49.7 Å². The molecule has 28 heavy (non-hydrogen) atoms. The van der Waals surface area contributed by atoms with E-state index in [4.69, 9.17) is 0 Å². The highest BCUT2D eigenvalue weighted by molar-refractivity contribution is 5.95. The minimum Gasteiger partial charge on any atom is -0.370 e. The second kappa shape index (κ2) is 9.22. The number of nitrogens with zero attached hydrogens (tertiary/aromatic N) is 2. The Kier molecular flexibility index (Phi) is 6.25. The smallest absolute Gasteiger partial charge is 0.253 e. The second-order valence-electron chi connectivity index (χ2n) is 8.36. The van der Waals surface area contributed by atoms with E-state index in [1.54, 1.807) is 6.20 Å². The number of benzene rings is 1. The van der Waals surface area contributed by atoms with Crippen LogP contribution in [0.25, 0.3) is 0 Å². The van der Waals surface area contributed by atoms with Gasteiger partial charge in [0.25, 0.3) is 5.91 Å². The average Bonchev–Trinajstić information content (AvgIpc) is 2.76. The Morgan fingerprint density at radius 3 is 2.50 bits per heavy atom. The highest BCUT2D eigenvalue weighted by Crippen LogP contribution is 2.26. The van der Waals surface area contributed by atoms with Gasteiger partial charge in [0, 0.05) is 25.3 Å². The van der Waals surface area contributed by atoms with E-state index in [0.717, 1.165) is 44.0 Å². The van der Waals surface area contributed by atoms with Crippen molar-refractivity contribution in [3.63, 3.8) is 0 Å². The molecular weight excluding hydrogens is 346 g/mol. The van der Waals surface area contributed by atoms with Crippen LogP contribution in [-0.4, -0.2) is 30.0 Å². The molecule has 4 heteroatoms. The van der Waals surface area contributed by atoms with Crippen LogP contribution in [0.15, 0.2) is 48.8 Å². The van der Waals surface area contributed by atoms with E-state index in [0.29, 0.717) is 11.6 Å². The highest BCUT2D eigenvalue weighted by Gasteiger charge is 2.21. The second-order valence-corrected chi connectivity index (χ2v) is 8.36. The van der Waals surface area contributed by atoms with Crippen molar-refractivity contribution in [2.75, 3.05) is 18.0 Å². The summed E-state index contributed by atoms with van der Waals surface area (Å²) >= 11 is 0. The number of carbonyl (C=O) groups is 1. The molecule has 148 valence electrons. The number of rotatable bonds is 5. The van der Waals surface area contributed by atoms with Crippen molar-refractivity contribution < 1.29 is 4.79 Å². The van der Waals surface area contributed by atoms with Gasteiger partial charge in [0.15, 0.2) is 0 Å². The van der Waals surface area contributed by atoms with Crippen molar-refractivity contribution in [1.82, 2.24) is 10.3 Å². The van der Waals surface area contributed by atoms with Crippen LogP contribution < -0.4 is 10.2 Å². The maximum absolute atomic E-state index is 12.6. The van der Waals surface area contributed by atoms with Crippen LogP contribution in [0.3, 0.4) is 0 Å². The highest BCUT2D eigenvalue weighted by atomic mass is 16.1. The van der Waals surface area contributed by atoms with E-state index in [2.05, 4.69) is 45.5 Å². The normalized spacial score (nSPS) is 18.8. The Morgan fingerprint density at radius 1 is 1.00 bits per heavy atom. The van der Waals surface area contributed by atoms with E-state index < -0.39 is 0 Å². The summed E-state index contributed by atoms with van der Waals surface area (Å²) in [6, 6.07) is 13.1. The Bertz CT molecular complexity index is 762. The van der Waals surface area contributed by atoms with E-state index in [1.807, 2.05) is 12.3 Å². The molecule has 2 aromatic rings. The van der Waals surface area contributed by atoms with Crippen molar-refractivity contribution >= 4 is 11.6 Å². The largest absolute Gasteiger partial charge is 0.370 e. The molecule has 1 aliphatic heterocycles. The predicted octanol–water partition coefficient (Wildman–Crippen LogP) is 4.60. The molecule has 0 radical (unpaired) electrons. The summed E-state index contributed by atoms with van der Waals surface area (Å²) in [7, 11) is 0. The van der Waals surface area contributed by atoms with Gasteiger partial charge >= 0.3 is 0 Å². The van der Waals surface area contributed by atoms with Gasteiger partial charge in [0.2, 0.25) is 0 Å². The van der Waals surface area contributed by atoms with E-state index in [-0.39, 0.29) is 5.91 Å². The third-order valence-electron chi connectivity index (χ3n) is 6.27. The summed E-state index contributed by atoms with van der Waals surface area (Å²) in [6.45, 7) is 2.07. The Balaban J connectivity index is 1.32. The number of aromatic nitrogens is 1. The van der Waals surface area contributed by atoms with Crippen molar-refractivity contribution in [2.24, 2.45) is 5.92 Å². The fourth-order valence-corrected chi connectivity index (χ4v) is 4.58. The lowest BCUT2D eigenvalue weighted by Crippen LogP contribution is -2.37. The van der Waals surface area contributed by atoms with Gasteiger partial charge in [-0.2, -0.15) is 0 Å². The number of anilines is 1. The Hall–Kier alpha value is -2.36. The topological polar surface area (TPSA) is 45.2 Å². The van der Waals surface area contributed by atoms with Gasteiger partial charge < -0.3 is 10.2 Å². The van der Waals surface area contributed by atoms with E-state index in [9.17, 15) is 4.79 Å². The van der Waals surface area contributed by atoms with Crippen LogP contribution in [0.5, 0.6) is 0 Å². The number of nitrogens with one attached hydrogen (secondary N) is 1. The van der Waals surface area contributed by atoms with Gasteiger partial charge in [-0.15, -0.1) is 0 Å². The maximum atomic E-state index is 12.6. The molecule has 0 unspecified atom stereocenters. The molecule has 0 bridgehead atoms. The van der Waals surface area contributed by atoms with Gasteiger partial charge in [-0.1, -0.05) is 49.6 Å². The fraction of sp³-hybridized carbons (Fsp3) is 0.500. The van der Waals surface area contributed by atoms with E-state index >= 15 is 0 Å². The molecule has 1 aliphatic carbocycles. The average molecular weight is 378 g/mol. The predicted molar refractivity (Wildman–Crippen MR) is 114 cm³/mol. The van der Waals surface area contributed by atoms with E-state index in [1.165, 1.54) is 37.7 Å². The molecule has 1 saturated heterocycles. The molecule has 1 N–H and O–H groups in total. The zero-order chi connectivity index (χ0) is 19.2. The number of carbonyl (C=O) groups excluding carboxylic acids is 1. The minimum absolute atomic E-state index is 0.0280. The lowest BCUT2D eigenvalue weighted by atomic mass is 9.90. The molecule has 1 aromatic heterocycles. The molecule has 4 nitrogen and oxygen atoms in total. The molecule has 2 fully saturated rings. The van der Waals surface area contributed by atoms with Gasteiger partial charge in [0.05, 0.1) is 17.4 Å². The third-order valence-corrected chi connectivity index (χ3v) is 6.27. The summed E-state index contributed by atoms with van der Waals surface area (Å²) in [5, 5.41) is 3.20. The minimum atomic E-state index is 0.0280. The Labute approximate surface area is 168 Å². The molecule has 1 aromatic carbocycles. The molecule has 0 atom stereocenters. The van der Waals surface area contributed by atoms with Crippen molar-refractivity contribution in [2.45, 2.75) is 57.4 Å². The van der Waals surface area contributed by atoms with Gasteiger partial charge in [-0.3, -0.25) is 9.78 Å². The zero-order valence-corrected chi connectivity index (χ0v) is 16.6. The van der Waals surface area contributed by atoms with Crippen LogP contribution in [0.1, 0.15) is 60.9 Å². The van der Waals surface area contributed by atoms with Crippen LogP contribution in [0.4, 0.5) is 5.69 Å². The number of pyridine rings is 1. The van der Waals surface area contributed by atoms with Gasteiger partial charge in [0.1, 0.15) is 0 Å². The van der Waals surface area contributed by atoms with Crippen LogP contribution >= 0.6 is 0 Å². The first-order valence-corrected chi connectivity index (χ1v) is 10.8. The SMILES string of the molecule is O=C(NC1CCCCC1)c1cncc(N2CCC(Cc3ccccc3)CC2)c1. The van der Waals surface area contributed by atoms with Crippen molar-refractivity contribution in [3.05, 3.63) is 59.9 Å². The number of piperidine rings is 1. The number of hydrogen-bond donors (Lipinski definition) is 1. The fourth-order valence-electron chi connectivity index (χ4n) is 4.58. The summed E-state index contributed by atoms with van der Waals surface area (Å²) in [5.41, 5.74) is 3.20. The number of amides is 1. The molecular formula is C24H31N3O. The monoisotopic (exact) mass is 377 g/mol. The maximum Gasteiger partial charge on any atom is 0.253 e. The quantitative estimate of drug-likeness (QED) is 0.828. The summed E-state index contributed by atoms with van der Waals surface area (Å²) in [5.74, 6) is 0.768. The zero-order valence-electron chi connectivity index (χ0n) is 16.6. The molecule has 1 saturated carbocycles. The van der Waals surface area contributed by atoms with Crippen molar-refractivity contribution in [1.29, 1.82) is 0 Å². The molecule has 4 rings (SSSR count).